The molecule has 112 valence electrons. The van der Waals surface area contributed by atoms with Gasteiger partial charge in [-0.1, -0.05) is 37.5 Å². The predicted molar refractivity (Wildman–Crippen MR) is 81.6 cm³/mol. The van der Waals surface area contributed by atoms with E-state index in [0.29, 0.717) is 11.6 Å². The molecule has 2 heterocycles. The van der Waals surface area contributed by atoms with Crippen molar-refractivity contribution in [2.24, 2.45) is 5.92 Å². The normalized spacial score (nSPS) is 22.3. The first-order chi connectivity index (χ1) is 10.2. The van der Waals surface area contributed by atoms with Crippen LogP contribution in [0.5, 0.6) is 0 Å². The lowest BCUT2D eigenvalue weighted by molar-refractivity contribution is 0.0691. The van der Waals surface area contributed by atoms with Crippen molar-refractivity contribution in [1.82, 2.24) is 15.0 Å². The maximum atomic E-state index is 11.5. The van der Waals surface area contributed by atoms with Gasteiger partial charge in [-0.3, -0.25) is 0 Å². The summed E-state index contributed by atoms with van der Waals surface area (Å²) in [6.07, 6.45) is 5.76. The van der Waals surface area contributed by atoms with Crippen LogP contribution in [0.1, 0.15) is 55.6 Å². The number of carbonyl (C=O) groups is 1. The molecule has 0 amide bonds. The molecule has 0 aliphatic heterocycles. The maximum absolute atomic E-state index is 11.5. The number of rotatable bonds is 4. The lowest BCUT2D eigenvalue weighted by Gasteiger charge is -2.31. The van der Waals surface area contributed by atoms with Crippen LogP contribution >= 0.6 is 11.3 Å². The van der Waals surface area contributed by atoms with Crippen molar-refractivity contribution in [1.29, 1.82) is 0 Å². The van der Waals surface area contributed by atoms with E-state index in [9.17, 15) is 9.90 Å². The van der Waals surface area contributed by atoms with Crippen LogP contribution < -0.4 is 0 Å². The molecule has 2 aromatic heterocycles. The maximum Gasteiger partial charge on any atom is 0.358 e. The van der Waals surface area contributed by atoms with Crippen LogP contribution in [-0.2, 0) is 0 Å². The minimum absolute atomic E-state index is 0.0675. The number of hydrogen-bond donors (Lipinski definition) is 1. The third-order valence-electron chi connectivity index (χ3n) is 4.36. The molecule has 2 atom stereocenters. The van der Waals surface area contributed by atoms with E-state index >= 15 is 0 Å². The van der Waals surface area contributed by atoms with Crippen molar-refractivity contribution < 1.29 is 9.90 Å². The van der Waals surface area contributed by atoms with Gasteiger partial charge in [0, 0.05) is 0 Å². The molecule has 2 unspecified atom stereocenters. The summed E-state index contributed by atoms with van der Waals surface area (Å²) in [7, 11) is 0. The van der Waals surface area contributed by atoms with Crippen LogP contribution in [0.4, 0.5) is 0 Å². The van der Waals surface area contributed by atoms with Crippen LogP contribution in [0.3, 0.4) is 0 Å². The van der Waals surface area contributed by atoms with Crippen LogP contribution in [-0.4, -0.2) is 26.1 Å². The molecule has 0 spiro atoms. The highest BCUT2D eigenvalue weighted by molar-refractivity contribution is 7.13. The molecule has 1 aliphatic carbocycles. The first-order valence-electron chi connectivity index (χ1n) is 7.44. The molecule has 1 fully saturated rings. The number of thiophene rings is 1. The van der Waals surface area contributed by atoms with Gasteiger partial charge in [-0.15, -0.1) is 16.4 Å². The monoisotopic (exact) mass is 305 g/mol. The first kappa shape index (κ1) is 14.3. The average molecular weight is 305 g/mol. The molecule has 6 heteroatoms. The topological polar surface area (TPSA) is 68.0 Å². The van der Waals surface area contributed by atoms with Gasteiger partial charge in [0.2, 0.25) is 0 Å². The van der Waals surface area contributed by atoms with Crippen molar-refractivity contribution in [3.63, 3.8) is 0 Å². The van der Waals surface area contributed by atoms with E-state index in [1.165, 1.54) is 30.6 Å². The molecule has 1 aliphatic rings. The van der Waals surface area contributed by atoms with Crippen molar-refractivity contribution >= 4 is 17.3 Å². The Morgan fingerprint density at radius 2 is 2.29 bits per heavy atom. The molecule has 3 rings (SSSR count). The fourth-order valence-electron chi connectivity index (χ4n) is 3.30. The van der Waals surface area contributed by atoms with Gasteiger partial charge in [-0.2, -0.15) is 0 Å². The van der Waals surface area contributed by atoms with E-state index in [4.69, 9.17) is 0 Å². The second kappa shape index (κ2) is 5.97. The molecule has 2 aromatic rings. The van der Waals surface area contributed by atoms with Crippen LogP contribution in [0, 0.1) is 5.92 Å². The van der Waals surface area contributed by atoms with Gasteiger partial charge in [0.1, 0.15) is 5.69 Å². The molecule has 5 nitrogen and oxygen atoms in total. The Morgan fingerprint density at radius 3 is 2.95 bits per heavy atom. The van der Waals surface area contributed by atoms with Gasteiger partial charge < -0.3 is 5.11 Å². The van der Waals surface area contributed by atoms with Crippen LogP contribution in [0.25, 0.3) is 10.6 Å². The minimum atomic E-state index is -1.01. The molecule has 1 saturated carbocycles. The second-order valence-electron chi connectivity index (χ2n) is 5.53. The Morgan fingerprint density at radius 1 is 1.48 bits per heavy atom. The molecule has 1 N–H and O–H groups in total. The Labute approximate surface area is 127 Å². The fraction of sp³-hybridized carbons (Fsp3) is 0.533. The van der Waals surface area contributed by atoms with Gasteiger partial charge in [0.05, 0.1) is 10.9 Å². The zero-order valence-electron chi connectivity index (χ0n) is 12.0. The summed E-state index contributed by atoms with van der Waals surface area (Å²) >= 11 is 1.54. The SMILES string of the molecule is CCC1CCCCC1n1nnc(C(=O)O)c1-c1cccs1. The standard InChI is InChI=1S/C15H19N3O2S/c1-2-10-6-3-4-7-11(10)18-14(12-8-5-9-21-12)13(15(19)20)16-17-18/h5,8-11H,2-4,6-7H2,1H3,(H,19,20). The van der Waals surface area contributed by atoms with Gasteiger partial charge in [0.25, 0.3) is 0 Å². The fourth-order valence-corrected chi connectivity index (χ4v) is 4.06. The highest BCUT2D eigenvalue weighted by Crippen LogP contribution is 2.39. The molecule has 21 heavy (non-hydrogen) atoms. The number of aromatic nitrogens is 3. The van der Waals surface area contributed by atoms with Crippen molar-refractivity contribution in [2.45, 2.75) is 45.1 Å². The van der Waals surface area contributed by atoms with Gasteiger partial charge >= 0.3 is 5.97 Å². The number of hydrogen-bond acceptors (Lipinski definition) is 4. The summed E-state index contributed by atoms with van der Waals surface area (Å²) in [5.41, 5.74) is 0.737. The summed E-state index contributed by atoms with van der Waals surface area (Å²) in [6.45, 7) is 2.20. The second-order valence-corrected chi connectivity index (χ2v) is 6.48. The Hall–Kier alpha value is -1.69. The molecular weight excluding hydrogens is 286 g/mol. The lowest BCUT2D eigenvalue weighted by Crippen LogP contribution is -2.24. The van der Waals surface area contributed by atoms with E-state index in [0.717, 1.165) is 17.7 Å². The van der Waals surface area contributed by atoms with Crippen molar-refractivity contribution in [2.75, 3.05) is 0 Å². The summed E-state index contributed by atoms with van der Waals surface area (Å²) in [5.74, 6) is -0.450. The lowest BCUT2D eigenvalue weighted by atomic mass is 9.83. The molecule has 0 aromatic carbocycles. The van der Waals surface area contributed by atoms with E-state index in [1.54, 1.807) is 0 Å². The van der Waals surface area contributed by atoms with Gasteiger partial charge in [-0.05, 0) is 30.2 Å². The molecule has 0 saturated heterocycles. The highest BCUT2D eigenvalue weighted by atomic mass is 32.1. The van der Waals surface area contributed by atoms with E-state index in [2.05, 4.69) is 17.2 Å². The predicted octanol–water partition coefficient (Wildman–Crippen LogP) is 3.85. The summed E-state index contributed by atoms with van der Waals surface area (Å²) in [4.78, 5) is 12.4. The highest BCUT2D eigenvalue weighted by Gasteiger charge is 2.31. The van der Waals surface area contributed by atoms with E-state index < -0.39 is 5.97 Å². The Kier molecular flexibility index (Phi) is 4.05. The number of aromatic carboxylic acids is 1. The zero-order valence-corrected chi connectivity index (χ0v) is 12.8. The van der Waals surface area contributed by atoms with E-state index in [1.807, 2.05) is 22.2 Å². The van der Waals surface area contributed by atoms with Gasteiger partial charge in [-0.25, -0.2) is 9.48 Å². The largest absolute Gasteiger partial charge is 0.476 e. The third-order valence-corrected chi connectivity index (χ3v) is 5.24. The average Bonchev–Trinajstić information content (AvgIpc) is 3.15. The smallest absolute Gasteiger partial charge is 0.358 e. The third kappa shape index (κ3) is 2.60. The first-order valence-corrected chi connectivity index (χ1v) is 8.32. The Bertz CT molecular complexity index is 621. The van der Waals surface area contributed by atoms with Crippen molar-refractivity contribution in [3.8, 4) is 10.6 Å². The number of carboxylic acid groups (broad SMARTS) is 1. The van der Waals surface area contributed by atoms with E-state index in [-0.39, 0.29) is 11.7 Å². The zero-order chi connectivity index (χ0) is 14.8. The number of nitrogens with zero attached hydrogens (tertiary/aromatic N) is 3. The van der Waals surface area contributed by atoms with Gasteiger partial charge in [0.15, 0.2) is 5.69 Å². The van der Waals surface area contributed by atoms with Crippen LogP contribution in [0.15, 0.2) is 17.5 Å². The summed E-state index contributed by atoms with van der Waals surface area (Å²) in [5, 5.41) is 19.5. The van der Waals surface area contributed by atoms with Crippen molar-refractivity contribution in [3.05, 3.63) is 23.2 Å². The minimum Gasteiger partial charge on any atom is -0.476 e. The Balaban J connectivity index is 2.08. The summed E-state index contributed by atoms with van der Waals surface area (Å²) in [6, 6.07) is 4.14. The molecular formula is C15H19N3O2S. The molecule has 0 radical (unpaired) electrons. The molecule has 0 bridgehead atoms. The summed E-state index contributed by atoms with van der Waals surface area (Å²) < 4.78 is 1.88. The quantitative estimate of drug-likeness (QED) is 0.931. The number of carboxylic acids is 1. The van der Waals surface area contributed by atoms with Crippen LogP contribution in [0.2, 0.25) is 0 Å².